The fourth-order valence-corrected chi connectivity index (χ4v) is 4.74. The second-order valence-corrected chi connectivity index (χ2v) is 8.04. The van der Waals surface area contributed by atoms with E-state index in [1.807, 2.05) is 36.7 Å². The molecule has 0 unspecified atom stereocenters. The monoisotopic (exact) mass is 337 g/mol. The molecule has 2 aliphatic rings. The number of hydrogen-bond acceptors (Lipinski definition) is 2. The summed E-state index contributed by atoms with van der Waals surface area (Å²) in [6, 6.07) is 8.05. The molecule has 4 nitrogen and oxygen atoms in total. The Balaban J connectivity index is 1.39. The maximum atomic E-state index is 12.4. The van der Waals surface area contributed by atoms with Gasteiger partial charge in [-0.2, -0.15) is 0 Å². The van der Waals surface area contributed by atoms with Gasteiger partial charge in [0, 0.05) is 36.1 Å². The molecule has 4 rings (SSSR count). The average molecular weight is 337 g/mol. The normalized spacial score (nSPS) is 24.8. The molecule has 4 heteroatoms. The Bertz CT molecular complexity index is 747. The first-order valence-electron chi connectivity index (χ1n) is 9.53. The fraction of sp³-hybridized carbons (Fsp3) is 0.524. The highest BCUT2D eigenvalue weighted by atomic mass is 16.1. The van der Waals surface area contributed by atoms with Crippen molar-refractivity contribution in [2.75, 3.05) is 5.32 Å². The molecule has 1 aromatic heterocycles. The van der Waals surface area contributed by atoms with E-state index in [4.69, 9.17) is 0 Å². The summed E-state index contributed by atoms with van der Waals surface area (Å²) in [5.41, 5.74) is 1.95. The molecule has 3 atom stereocenters. The molecular formula is C21H27N3O. The summed E-state index contributed by atoms with van der Waals surface area (Å²) in [6.45, 7) is 4.28. The molecule has 25 heavy (non-hydrogen) atoms. The number of fused-ring (bicyclic) bond motifs is 2. The Morgan fingerprint density at radius 2 is 2.04 bits per heavy atom. The van der Waals surface area contributed by atoms with Crippen molar-refractivity contribution in [1.82, 2.24) is 9.55 Å². The lowest BCUT2D eigenvalue weighted by Gasteiger charge is -2.21. The van der Waals surface area contributed by atoms with E-state index >= 15 is 0 Å². The van der Waals surface area contributed by atoms with E-state index in [-0.39, 0.29) is 5.91 Å². The molecule has 2 aromatic rings. The largest absolute Gasteiger partial charge is 0.326 e. The summed E-state index contributed by atoms with van der Waals surface area (Å²) in [5, 5.41) is 3.07. The molecule has 1 amide bonds. The number of benzene rings is 1. The first-order valence-corrected chi connectivity index (χ1v) is 9.53. The highest BCUT2D eigenvalue weighted by Gasteiger charge is 2.40. The molecule has 0 spiro atoms. The number of carbonyl (C=O) groups excluding carboxylic acids is 1. The van der Waals surface area contributed by atoms with E-state index in [9.17, 15) is 4.79 Å². The molecule has 132 valence electrons. The predicted molar refractivity (Wildman–Crippen MR) is 99.8 cm³/mol. The lowest BCUT2D eigenvalue weighted by molar-refractivity contribution is -0.117. The Hall–Kier alpha value is -2.10. The summed E-state index contributed by atoms with van der Waals surface area (Å²) in [4.78, 5) is 16.8. The van der Waals surface area contributed by atoms with Crippen LogP contribution >= 0.6 is 0 Å². The van der Waals surface area contributed by atoms with Gasteiger partial charge in [-0.25, -0.2) is 4.98 Å². The van der Waals surface area contributed by atoms with E-state index in [1.54, 1.807) is 0 Å². The van der Waals surface area contributed by atoms with Crippen LogP contribution < -0.4 is 5.32 Å². The molecule has 0 radical (unpaired) electrons. The highest BCUT2D eigenvalue weighted by molar-refractivity contribution is 5.91. The van der Waals surface area contributed by atoms with Crippen LogP contribution in [0.2, 0.25) is 0 Å². The van der Waals surface area contributed by atoms with Gasteiger partial charge in [-0.1, -0.05) is 20.3 Å². The quantitative estimate of drug-likeness (QED) is 0.855. The second-order valence-electron chi connectivity index (χ2n) is 8.04. The molecule has 1 aromatic carbocycles. The Morgan fingerprint density at radius 1 is 1.24 bits per heavy atom. The van der Waals surface area contributed by atoms with Gasteiger partial charge in [0.25, 0.3) is 0 Å². The Morgan fingerprint density at radius 3 is 2.68 bits per heavy atom. The van der Waals surface area contributed by atoms with E-state index < -0.39 is 0 Å². The number of nitrogens with zero attached hydrogens (tertiary/aromatic N) is 2. The third kappa shape index (κ3) is 3.35. The SMILES string of the molecule is CC(C)c1nccn1-c1ccc(NC(=O)C[C@@H]2C[C@H]3CC[C@H]2C3)cc1. The van der Waals surface area contributed by atoms with Crippen molar-refractivity contribution < 1.29 is 4.79 Å². The summed E-state index contributed by atoms with van der Waals surface area (Å²) in [6.07, 6.45) is 9.84. The number of carbonyl (C=O) groups is 1. The molecule has 2 aliphatic carbocycles. The molecule has 1 N–H and O–H groups in total. The van der Waals surface area contributed by atoms with Crippen molar-refractivity contribution in [1.29, 1.82) is 0 Å². The van der Waals surface area contributed by atoms with Crippen molar-refractivity contribution >= 4 is 11.6 Å². The van der Waals surface area contributed by atoms with Crippen LogP contribution in [0, 0.1) is 17.8 Å². The van der Waals surface area contributed by atoms with Gasteiger partial charge in [0.05, 0.1) is 0 Å². The van der Waals surface area contributed by atoms with Gasteiger partial charge in [0.1, 0.15) is 5.82 Å². The number of amides is 1. The smallest absolute Gasteiger partial charge is 0.224 e. The maximum absolute atomic E-state index is 12.4. The third-order valence-electron chi connectivity index (χ3n) is 5.95. The maximum Gasteiger partial charge on any atom is 0.224 e. The number of rotatable bonds is 5. The lowest BCUT2D eigenvalue weighted by Crippen LogP contribution is -2.20. The standard InChI is InChI=1S/C21H27N3O/c1-14(2)21-22-9-10-24(21)19-7-5-18(6-8-19)23-20(25)13-17-12-15-3-4-16(17)11-15/h5-10,14-17H,3-4,11-13H2,1-2H3,(H,23,25)/t15-,16-,17-/m0/s1. The lowest BCUT2D eigenvalue weighted by atomic mass is 9.86. The fourth-order valence-electron chi connectivity index (χ4n) is 4.74. The van der Waals surface area contributed by atoms with Crippen molar-refractivity contribution in [2.24, 2.45) is 17.8 Å². The summed E-state index contributed by atoms with van der Waals surface area (Å²) < 4.78 is 2.10. The van der Waals surface area contributed by atoms with E-state index in [2.05, 4.69) is 28.7 Å². The first kappa shape index (κ1) is 16.4. The van der Waals surface area contributed by atoms with Crippen molar-refractivity contribution in [3.8, 4) is 5.69 Å². The summed E-state index contributed by atoms with van der Waals surface area (Å²) in [7, 11) is 0. The zero-order chi connectivity index (χ0) is 17.4. The van der Waals surface area contributed by atoms with Crippen molar-refractivity contribution in [3.05, 3.63) is 42.5 Å². The van der Waals surface area contributed by atoms with E-state index in [1.165, 1.54) is 25.7 Å². The highest BCUT2D eigenvalue weighted by Crippen LogP contribution is 2.49. The third-order valence-corrected chi connectivity index (χ3v) is 5.95. The zero-order valence-electron chi connectivity index (χ0n) is 15.1. The van der Waals surface area contributed by atoms with Gasteiger partial charge in [-0.05, 0) is 61.3 Å². The van der Waals surface area contributed by atoms with Crippen LogP contribution in [0.25, 0.3) is 5.69 Å². The van der Waals surface area contributed by atoms with Crippen LogP contribution in [0.5, 0.6) is 0 Å². The predicted octanol–water partition coefficient (Wildman–Crippen LogP) is 4.76. The molecule has 0 aliphatic heterocycles. The van der Waals surface area contributed by atoms with Crippen LogP contribution in [0.4, 0.5) is 5.69 Å². The molecule has 2 saturated carbocycles. The minimum atomic E-state index is 0.163. The number of nitrogens with one attached hydrogen (secondary N) is 1. The second kappa shape index (κ2) is 6.66. The van der Waals surface area contributed by atoms with E-state index in [0.717, 1.165) is 29.0 Å². The van der Waals surface area contributed by atoms with E-state index in [0.29, 0.717) is 18.3 Å². The molecule has 2 fully saturated rings. The number of imidazole rings is 1. The van der Waals surface area contributed by atoms with Gasteiger partial charge in [0.2, 0.25) is 5.91 Å². The van der Waals surface area contributed by atoms with Gasteiger partial charge < -0.3 is 9.88 Å². The summed E-state index contributed by atoms with van der Waals surface area (Å²) >= 11 is 0. The van der Waals surface area contributed by atoms with Crippen LogP contribution in [0.3, 0.4) is 0 Å². The van der Waals surface area contributed by atoms with Crippen LogP contribution in [0.15, 0.2) is 36.7 Å². The van der Waals surface area contributed by atoms with Crippen LogP contribution in [-0.4, -0.2) is 15.5 Å². The Labute approximate surface area is 149 Å². The number of aromatic nitrogens is 2. The van der Waals surface area contributed by atoms with Crippen molar-refractivity contribution in [2.45, 2.75) is 51.9 Å². The van der Waals surface area contributed by atoms with Crippen LogP contribution in [-0.2, 0) is 4.79 Å². The number of anilines is 1. The first-order chi connectivity index (χ1) is 12.1. The average Bonchev–Trinajstić information content (AvgIpc) is 3.31. The van der Waals surface area contributed by atoms with Gasteiger partial charge >= 0.3 is 0 Å². The molecular weight excluding hydrogens is 310 g/mol. The minimum Gasteiger partial charge on any atom is -0.326 e. The number of hydrogen-bond donors (Lipinski definition) is 1. The minimum absolute atomic E-state index is 0.163. The summed E-state index contributed by atoms with van der Waals surface area (Å²) in [5.74, 6) is 3.89. The zero-order valence-corrected chi connectivity index (χ0v) is 15.1. The topological polar surface area (TPSA) is 46.9 Å². The molecule has 1 heterocycles. The van der Waals surface area contributed by atoms with Gasteiger partial charge in [0.15, 0.2) is 0 Å². The van der Waals surface area contributed by atoms with Crippen molar-refractivity contribution in [3.63, 3.8) is 0 Å². The Kier molecular flexibility index (Phi) is 4.36. The van der Waals surface area contributed by atoms with Gasteiger partial charge in [-0.15, -0.1) is 0 Å². The molecule has 0 saturated heterocycles. The molecule has 2 bridgehead atoms. The van der Waals surface area contributed by atoms with Gasteiger partial charge in [-0.3, -0.25) is 4.79 Å². The van der Waals surface area contributed by atoms with Crippen LogP contribution in [0.1, 0.15) is 57.7 Å².